The molecule has 8 rings (SSSR count). The predicted octanol–water partition coefficient (Wildman–Crippen LogP) is 5.80. The van der Waals surface area contributed by atoms with Crippen LogP contribution in [-0.2, 0) is 32.6 Å². The third-order valence-corrected chi connectivity index (χ3v) is 11.4. The number of anilines is 2. The molecule has 5 amide bonds. The molecule has 1 aliphatic carbocycles. The molecule has 2 aliphatic heterocycles. The normalized spacial score (nSPS) is 19.0. The summed E-state index contributed by atoms with van der Waals surface area (Å²) in [6.45, 7) is 5.13. The number of aromatic nitrogens is 3. The lowest BCUT2D eigenvalue weighted by Gasteiger charge is -2.36. The fraction of sp³-hybridized carbons (Fsp3) is 0.356. The zero-order valence-electron chi connectivity index (χ0n) is 34.7. The van der Waals surface area contributed by atoms with Gasteiger partial charge in [0.15, 0.2) is 0 Å². The summed E-state index contributed by atoms with van der Waals surface area (Å²) in [4.78, 5) is 70.3. The molecule has 4 heterocycles. The third kappa shape index (κ3) is 9.19. The molecule has 63 heavy (non-hydrogen) atoms. The summed E-state index contributed by atoms with van der Waals surface area (Å²) in [5, 5.41) is 24.5. The molecule has 2 aromatic heterocycles. The van der Waals surface area contributed by atoms with Gasteiger partial charge in [-0.05, 0) is 101 Å². The Morgan fingerprint density at radius 1 is 0.984 bits per heavy atom. The van der Waals surface area contributed by atoms with Crippen LogP contribution in [-0.4, -0.2) is 97.6 Å². The van der Waals surface area contributed by atoms with Gasteiger partial charge in [-0.15, -0.1) is 0 Å². The Kier molecular flexibility index (Phi) is 11.6. The van der Waals surface area contributed by atoms with Crippen molar-refractivity contribution in [2.75, 3.05) is 30.8 Å². The molecular formula is C45H45F3N8O7. The van der Waals surface area contributed by atoms with Gasteiger partial charge in [0.05, 0.1) is 34.0 Å². The lowest BCUT2D eigenvalue weighted by Crippen LogP contribution is -2.54. The Bertz CT molecular complexity index is 2620. The molecule has 1 saturated heterocycles. The molecule has 0 spiro atoms. The number of carbonyl (C=O) groups is 5. The number of aliphatic hydroxyl groups is 1. The molecule has 0 radical (unpaired) electrons. The number of piperidine rings is 1. The van der Waals surface area contributed by atoms with Crippen LogP contribution in [0.15, 0.2) is 79.0 Å². The number of pyridine rings is 1. The van der Waals surface area contributed by atoms with E-state index >= 15 is 0 Å². The number of halogens is 3. The van der Waals surface area contributed by atoms with E-state index in [1.54, 1.807) is 41.2 Å². The summed E-state index contributed by atoms with van der Waals surface area (Å²) in [6.07, 6.45) is -0.466. The lowest BCUT2D eigenvalue weighted by molar-refractivity contribution is -0.141. The maximum atomic E-state index is 13.4. The van der Waals surface area contributed by atoms with Gasteiger partial charge < -0.3 is 25.4 Å². The number of fused-ring (bicyclic) bond motifs is 2. The average Bonchev–Trinajstić information content (AvgIpc) is 3.75. The molecule has 18 heteroatoms. The number of carbonyl (C=O) groups excluding carboxylic acids is 5. The van der Waals surface area contributed by atoms with Gasteiger partial charge in [-0.1, -0.05) is 24.3 Å². The molecule has 15 nitrogen and oxygen atoms in total. The molecule has 328 valence electrons. The fourth-order valence-electron chi connectivity index (χ4n) is 8.12. The van der Waals surface area contributed by atoms with E-state index in [1.165, 1.54) is 19.9 Å². The third-order valence-electron chi connectivity index (χ3n) is 11.4. The molecule has 5 aromatic rings. The van der Waals surface area contributed by atoms with Crippen molar-refractivity contribution in [1.82, 2.24) is 29.9 Å². The smallest absolute Gasteiger partial charge is 0.386 e. The van der Waals surface area contributed by atoms with E-state index in [1.807, 2.05) is 31.3 Å². The van der Waals surface area contributed by atoms with Crippen molar-refractivity contribution in [3.05, 3.63) is 113 Å². The number of hydrogen-bond donors (Lipinski definition) is 4. The van der Waals surface area contributed by atoms with E-state index in [2.05, 4.69) is 30.9 Å². The quantitative estimate of drug-likeness (QED) is 0.0781. The van der Waals surface area contributed by atoms with E-state index in [4.69, 9.17) is 4.74 Å². The van der Waals surface area contributed by atoms with Crippen LogP contribution in [0.25, 0.3) is 16.6 Å². The first kappa shape index (κ1) is 43.2. The zero-order valence-corrected chi connectivity index (χ0v) is 34.7. The van der Waals surface area contributed by atoms with Crippen LogP contribution in [0.4, 0.5) is 24.5 Å². The molecular weight excluding hydrogens is 822 g/mol. The highest BCUT2D eigenvalue weighted by molar-refractivity contribution is 6.25. The molecule has 1 atom stereocenters. The summed E-state index contributed by atoms with van der Waals surface area (Å²) in [6, 6.07) is 18.3. The number of benzene rings is 3. The summed E-state index contributed by atoms with van der Waals surface area (Å²) < 4.78 is 47.5. The van der Waals surface area contributed by atoms with Crippen molar-refractivity contribution in [3.8, 4) is 5.69 Å². The second kappa shape index (κ2) is 17.0. The molecule has 3 aliphatic rings. The standard InChI is InChI=1S/C45H45F3N8O7/c1-44(2,62)31-22-34-26(19-35(31)51-40(58)33-9-5-10-37(50-33)45(46,47)48)24-55(53-34)28-13-11-25(12-14-28)23-54(3)17-6-18-63-29-20-27(21-29)49-32-8-4-7-30-39(32)43(61)56(42(30)60)36-15-16-38(57)52-41(36)59/h4-5,7-14,19,22,24,27,29,36,49,62H,6,15-18,20-21,23H2,1-3H3,(H,51,58)(H,52,57,59). The summed E-state index contributed by atoms with van der Waals surface area (Å²) >= 11 is 0. The molecule has 2 fully saturated rings. The largest absolute Gasteiger partial charge is 0.433 e. The van der Waals surface area contributed by atoms with Crippen LogP contribution >= 0.6 is 0 Å². The van der Waals surface area contributed by atoms with E-state index < -0.39 is 58.7 Å². The van der Waals surface area contributed by atoms with Gasteiger partial charge in [-0.25, -0.2) is 9.67 Å². The van der Waals surface area contributed by atoms with Crippen molar-refractivity contribution in [3.63, 3.8) is 0 Å². The maximum absolute atomic E-state index is 13.4. The summed E-state index contributed by atoms with van der Waals surface area (Å²) in [5.41, 5.74) is 0.904. The number of alkyl halides is 3. The topological polar surface area (TPSA) is 188 Å². The van der Waals surface area contributed by atoms with Gasteiger partial charge in [0, 0.05) is 60.7 Å². The molecule has 1 unspecified atom stereocenters. The minimum Gasteiger partial charge on any atom is -0.386 e. The van der Waals surface area contributed by atoms with Crippen LogP contribution in [0.5, 0.6) is 0 Å². The number of rotatable bonds is 14. The van der Waals surface area contributed by atoms with E-state index in [9.17, 15) is 42.3 Å². The Morgan fingerprint density at radius 3 is 2.44 bits per heavy atom. The maximum Gasteiger partial charge on any atom is 0.433 e. The van der Waals surface area contributed by atoms with E-state index in [0.29, 0.717) is 35.3 Å². The number of nitrogens with zero attached hydrogens (tertiary/aromatic N) is 5. The van der Waals surface area contributed by atoms with Crippen molar-refractivity contribution in [1.29, 1.82) is 0 Å². The summed E-state index contributed by atoms with van der Waals surface area (Å²) in [7, 11) is 2.03. The van der Waals surface area contributed by atoms with Crippen molar-refractivity contribution in [2.24, 2.45) is 0 Å². The van der Waals surface area contributed by atoms with Crippen LogP contribution < -0.4 is 16.0 Å². The van der Waals surface area contributed by atoms with Gasteiger partial charge in [0.2, 0.25) is 11.8 Å². The minimum atomic E-state index is -4.72. The average molecular weight is 867 g/mol. The zero-order chi connectivity index (χ0) is 44.8. The van der Waals surface area contributed by atoms with E-state index in [-0.39, 0.29) is 41.8 Å². The van der Waals surface area contributed by atoms with Crippen molar-refractivity contribution >= 4 is 51.8 Å². The van der Waals surface area contributed by atoms with Crippen LogP contribution in [0.1, 0.15) is 94.0 Å². The van der Waals surface area contributed by atoms with Gasteiger partial charge in [0.25, 0.3) is 17.7 Å². The number of ether oxygens (including phenoxy) is 1. The van der Waals surface area contributed by atoms with Crippen LogP contribution in [0, 0.1) is 0 Å². The highest BCUT2D eigenvalue weighted by atomic mass is 19.4. The highest BCUT2D eigenvalue weighted by Gasteiger charge is 2.46. The Labute approximate surface area is 359 Å². The van der Waals surface area contributed by atoms with Gasteiger partial charge in [0.1, 0.15) is 17.4 Å². The molecule has 1 saturated carbocycles. The van der Waals surface area contributed by atoms with Crippen molar-refractivity contribution < 1.29 is 47.0 Å². The highest BCUT2D eigenvalue weighted by Crippen LogP contribution is 2.36. The summed E-state index contributed by atoms with van der Waals surface area (Å²) in [5.74, 6) is -3.01. The second-order valence-electron chi connectivity index (χ2n) is 16.7. The van der Waals surface area contributed by atoms with Gasteiger partial charge in [-0.3, -0.25) is 34.2 Å². The SMILES string of the molecule is CN(CCCOC1CC(Nc2cccc3c2C(=O)N(C2CCC(=O)NC2=O)C3=O)C1)Cc1ccc(-n2cc3cc(NC(=O)c4cccc(C(F)(F)F)n4)c(C(C)(C)O)cc3n2)cc1. The molecule has 3 aromatic carbocycles. The van der Waals surface area contributed by atoms with Crippen LogP contribution in [0.3, 0.4) is 0 Å². The Hall–Kier alpha value is -6.50. The van der Waals surface area contributed by atoms with Gasteiger partial charge in [-0.2, -0.15) is 18.3 Å². The number of hydrogen-bond acceptors (Lipinski definition) is 11. The lowest BCUT2D eigenvalue weighted by atomic mass is 9.88. The second-order valence-corrected chi connectivity index (χ2v) is 16.7. The number of amides is 5. The number of imide groups is 2. The van der Waals surface area contributed by atoms with Gasteiger partial charge >= 0.3 is 6.18 Å². The first-order valence-corrected chi connectivity index (χ1v) is 20.6. The van der Waals surface area contributed by atoms with Crippen LogP contribution in [0.2, 0.25) is 0 Å². The number of nitrogens with one attached hydrogen (secondary N) is 3. The first-order valence-electron chi connectivity index (χ1n) is 20.6. The first-order chi connectivity index (χ1) is 29.9. The molecule has 4 N–H and O–H groups in total. The minimum absolute atomic E-state index is 0.0501. The Balaban J connectivity index is 0.804. The predicted molar refractivity (Wildman–Crippen MR) is 224 cm³/mol. The Morgan fingerprint density at radius 2 is 1.73 bits per heavy atom. The monoisotopic (exact) mass is 866 g/mol. The van der Waals surface area contributed by atoms with E-state index in [0.717, 1.165) is 54.1 Å². The fourth-order valence-corrected chi connectivity index (χ4v) is 8.12. The van der Waals surface area contributed by atoms with Crippen molar-refractivity contribution in [2.45, 2.75) is 82.5 Å². The molecule has 0 bridgehead atoms.